The van der Waals surface area contributed by atoms with Gasteiger partial charge in [0.05, 0.1) is 4.90 Å². The zero-order chi connectivity index (χ0) is 12.9. The Morgan fingerprint density at radius 1 is 1.33 bits per heavy atom. The number of nitrogens with one attached hydrogen (secondary N) is 2. The molecule has 0 spiro atoms. The van der Waals surface area contributed by atoms with E-state index in [0.29, 0.717) is 22.6 Å². The van der Waals surface area contributed by atoms with Crippen molar-refractivity contribution in [3.63, 3.8) is 0 Å². The molecule has 0 heterocycles. The predicted octanol–water partition coefficient (Wildman–Crippen LogP) is 2.41. The molecule has 0 aromatic heterocycles. The molecule has 0 saturated heterocycles. The van der Waals surface area contributed by atoms with Crippen LogP contribution in [0.15, 0.2) is 27.6 Å². The number of hydrogen-bond acceptors (Lipinski definition) is 3. The molecule has 0 saturated carbocycles. The summed E-state index contributed by atoms with van der Waals surface area (Å²) in [6.45, 7) is 3.73. The van der Waals surface area contributed by atoms with Gasteiger partial charge in [-0.05, 0) is 40.7 Å². The minimum absolute atomic E-state index is 0. The normalized spacial score (nSPS) is 11.1. The Morgan fingerprint density at radius 2 is 2.00 bits per heavy atom. The zero-order valence-corrected chi connectivity index (χ0v) is 13.7. The van der Waals surface area contributed by atoms with Crippen LogP contribution in [-0.2, 0) is 10.0 Å². The molecule has 0 aliphatic rings. The second-order valence-corrected chi connectivity index (χ2v) is 6.35. The van der Waals surface area contributed by atoms with Gasteiger partial charge in [0.15, 0.2) is 0 Å². The number of rotatable bonds is 6. The first-order valence-electron chi connectivity index (χ1n) is 5.13. The molecule has 2 N–H and O–H groups in total. The van der Waals surface area contributed by atoms with E-state index in [2.05, 4.69) is 26.0 Å². The average Bonchev–Trinajstić information content (AvgIpc) is 2.24. The maximum Gasteiger partial charge on any atom is 0.241 e. The molecular formula is C10H15BrCl2N2O2S. The highest BCUT2D eigenvalue weighted by Crippen LogP contribution is 2.25. The smallest absolute Gasteiger partial charge is 0.241 e. The molecule has 1 rings (SSSR count). The van der Waals surface area contributed by atoms with Crippen molar-refractivity contribution in [2.75, 3.05) is 19.6 Å². The lowest BCUT2D eigenvalue weighted by Gasteiger charge is -2.08. The van der Waals surface area contributed by atoms with Gasteiger partial charge in [0.2, 0.25) is 10.0 Å². The molecule has 0 radical (unpaired) electrons. The van der Waals surface area contributed by atoms with E-state index in [4.69, 9.17) is 11.6 Å². The first kappa shape index (κ1) is 18.1. The molecule has 1 aromatic carbocycles. The molecule has 104 valence electrons. The summed E-state index contributed by atoms with van der Waals surface area (Å²) in [7, 11) is -3.48. The van der Waals surface area contributed by atoms with Crippen molar-refractivity contribution in [3.05, 3.63) is 27.7 Å². The third kappa shape index (κ3) is 5.42. The zero-order valence-electron chi connectivity index (χ0n) is 9.74. The Kier molecular flexibility index (Phi) is 8.42. The van der Waals surface area contributed by atoms with Gasteiger partial charge in [-0.15, -0.1) is 12.4 Å². The van der Waals surface area contributed by atoms with Crippen molar-refractivity contribution >= 4 is 50.0 Å². The standard InChI is InChI=1S/C10H14BrClN2O2S.ClH/c1-2-13-5-6-14-17(15,16)10-4-3-8(12)7-9(10)11;/h3-4,7,13-14H,2,5-6H2,1H3;1H. The Balaban J connectivity index is 0.00000289. The quantitative estimate of drug-likeness (QED) is 0.748. The SMILES string of the molecule is CCNCCNS(=O)(=O)c1ccc(Cl)cc1Br.Cl. The third-order valence-electron chi connectivity index (χ3n) is 2.03. The molecule has 18 heavy (non-hydrogen) atoms. The summed E-state index contributed by atoms with van der Waals surface area (Å²) in [4.78, 5) is 0.193. The lowest BCUT2D eigenvalue weighted by atomic mass is 10.4. The van der Waals surface area contributed by atoms with E-state index < -0.39 is 10.0 Å². The molecule has 0 aliphatic carbocycles. The molecular weight excluding hydrogens is 363 g/mol. The lowest BCUT2D eigenvalue weighted by molar-refractivity contribution is 0.577. The lowest BCUT2D eigenvalue weighted by Crippen LogP contribution is -2.31. The highest BCUT2D eigenvalue weighted by molar-refractivity contribution is 9.10. The Hall–Kier alpha value is 0.150. The van der Waals surface area contributed by atoms with Crippen molar-refractivity contribution in [3.8, 4) is 0 Å². The van der Waals surface area contributed by atoms with Crippen LogP contribution >= 0.6 is 39.9 Å². The van der Waals surface area contributed by atoms with Crippen LogP contribution in [0.4, 0.5) is 0 Å². The first-order valence-corrected chi connectivity index (χ1v) is 7.78. The molecule has 0 aliphatic heterocycles. The molecule has 0 amide bonds. The maximum atomic E-state index is 11.9. The van der Waals surface area contributed by atoms with E-state index in [9.17, 15) is 8.42 Å². The van der Waals surface area contributed by atoms with E-state index in [1.165, 1.54) is 6.07 Å². The van der Waals surface area contributed by atoms with Crippen molar-refractivity contribution in [2.45, 2.75) is 11.8 Å². The topological polar surface area (TPSA) is 58.2 Å². The van der Waals surface area contributed by atoms with Crippen LogP contribution in [-0.4, -0.2) is 28.1 Å². The summed E-state index contributed by atoms with van der Waals surface area (Å²) >= 11 is 8.94. The molecule has 0 unspecified atom stereocenters. The number of halogens is 3. The summed E-state index contributed by atoms with van der Waals surface area (Å²) in [5, 5.41) is 3.53. The van der Waals surface area contributed by atoms with E-state index in [1.807, 2.05) is 6.92 Å². The van der Waals surface area contributed by atoms with Crippen molar-refractivity contribution in [1.82, 2.24) is 10.0 Å². The van der Waals surface area contributed by atoms with Gasteiger partial charge in [-0.3, -0.25) is 0 Å². The van der Waals surface area contributed by atoms with E-state index in [-0.39, 0.29) is 17.3 Å². The molecule has 8 heteroatoms. The fraction of sp³-hybridized carbons (Fsp3) is 0.400. The second kappa shape index (κ2) is 8.35. The van der Waals surface area contributed by atoms with Gasteiger partial charge >= 0.3 is 0 Å². The summed E-state index contributed by atoms with van der Waals surface area (Å²) in [6, 6.07) is 4.58. The second-order valence-electron chi connectivity index (χ2n) is 3.33. The van der Waals surface area contributed by atoms with Crippen molar-refractivity contribution in [1.29, 1.82) is 0 Å². The Bertz CT molecular complexity index is 483. The van der Waals surface area contributed by atoms with Gasteiger partial charge in [0.1, 0.15) is 0 Å². The van der Waals surface area contributed by atoms with E-state index in [0.717, 1.165) is 6.54 Å². The van der Waals surface area contributed by atoms with Gasteiger partial charge in [-0.1, -0.05) is 18.5 Å². The third-order valence-corrected chi connectivity index (χ3v) is 4.70. The summed E-state index contributed by atoms with van der Waals surface area (Å²) in [6.07, 6.45) is 0. The van der Waals surface area contributed by atoms with Crippen LogP contribution in [0.1, 0.15) is 6.92 Å². The van der Waals surface area contributed by atoms with Gasteiger partial charge in [-0.25, -0.2) is 13.1 Å². The average molecular weight is 378 g/mol. The molecule has 0 fully saturated rings. The van der Waals surface area contributed by atoms with Crippen molar-refractivity contribution < 1.29 is 8.42 Å². The van der Waals surface area contributed by atoms with Crippen LogP contribution in [0.3, 0.4) is 0 Å². The van der Waals surface area contributed by atoms with Gasteiger partial charge in [0.25, 0.3) is 0 Å². The Labute approximate surface area is 127 Å². The van der Waals surface area contributed by atoms with Gasteiger partial charge < -0.3 is 5.32 Å². The minimum Gasteiger partial charge on any atom is -0.316 e. The predicted molar refractivity (Wildman–Crippen MR) is 80.1 cm³/mol. The number of benzene rings is 1. The van der Waals surface area contributed by atoms with Gasteiger partial charge in [0, 0.05) is 22.6 Å². The Morgan fingerprint density at radius 3 is 2.56 bits per heavy atom. The summed E-state index contributed by atoms with van der Waals surface area (Å²) < 4.78 is 26.8. The minimum atomic E-state index is -3.48. The number of hydrogen-bond donors (Lipinski definition) is 2. The van der Waals surface area contributed by atoms with E-state index in [1.54, 1.807) is 12.1 Å². The number of sulfonamides is 1. The van der Waals surface area contributed by atoms with Gasteiger partial charge in [-0.2, -0.15) is 0 Å². The summed E-state index contributed by atoms with van der Waals surface area (Å²) in [5.74, 6) is 0. The fourth-order valence-corrected chi connectivity index (χ4v) is 3.63. The van der Waals surface area contributed by atoms with Crippen LogP contribution in [0.25, 0.3) is 0 Å². The van der Waals surface area contributed by atoms with Crippen LogP contribution in [0.2, 0.25) is 5.02 Å². The van der Waals surface area contributed by atoms with Crippen molar-refractivity contribution in [2.24, 2.45) is 0 Å². The van der Waals surface area contributed by atoms with E-state index >= 15 is 0 Å². The largest absolute Gasteiger partial charge is 0.316 e. The highest BCUT2D eigenvalue weighted by Gasteiger charge is 2.16. The highest BCUT2D eigenvalue weighted by atomic mass is 79.9. The molecule has 1 aromatic rings. The molecule has 4 nitrogen and oxygen atoms in total. The monoisotopic (exact) mass is 376 g/mol. The van der Waals surface area contributed by atoms with Crippen LogP contribution in [0.5, 0.6) is 0 Å². The summed E-state index contributed by atoms with van der Waals surface area (Å²) in [5.41, 5.74) is 0. The fourth-order valence-electron chi connectivity index (χ4n) is 1.22. The molecule has 0 bridgehead atoms. The van der Waals surface area contributed by atoms with Crippen LogP contribution < -0.4 is 10.0 Å². The van der Waals surface area contributed by atoms with Crippen LogP contribution in [0, 0.1) is 0 Å². The molecule has 0 atom stereocenters. The maximum absolute atomic E-state index is 11.9. The first-order chi connectivity index (χ1) is 7.97. The number of likely N-dealkylation sites (N-methyl/N-ethyl adjacent to an activating group) is 1.